The van der Waals surface area contributed by atoms with Gasteiger partial charge in [-0.15, -0.1) is 0 Å². The zero-order valence-corrected chi connectivity index (χ0v) is 41.9. The van der Waals surface area contributed by atoms with Crippen LogP contribution >= 0.6 is 7.82 Å². The largest absolute Gasteiger partial charge is 0.472 e. The van der Waals surface area contributed by atoms with Crippen molar-refractivity contribution in [2.75, 3.05) is 19.8 Å². The molecule has 382 valence electrons. The summed E-state index contributed by atoms with van der Waals surface area (Å²) < 4.78 is 34.3. The number of esters is 1. The van der Waals surface area contributed by atoms with Crippen LogP contribution < -0.4 is 0 Å². The predicted molar refractivity (Wildman–Crippen MR) is 263 cm³/mol. The molecule has 0 radical (unpaired) electrons. The summed E-state index contributed by atoms with van der Waals surface area (Å²) in [6.45, 7) is 4.25. The Morgan fingerprint density at radius 1 is 0.492 bits per heavy atom. The molecule has 0 heterocycles. The Hall–Kier alpha value is -1.44. The van der Waals surface area contributed by atoms with E-state index in [9.17, 15) is 39.8 Å². The number of hydrogen-bond donors (Lipinski definition) is 6. The van der Waals surface area contributed by atoms with Gasteiger partial charge in [0, 0.05) is 13.0 Å². The Morgan fingerprint density at radius 2 is 0.862 bits per heavy atom. The van der Waals surface area contributed by atoms with Gasteiger partial charge in [0.25, 0.3) is 0 Å². The summed E-state index contributed by atoms with van der Waals surface area (Å²) in [5, 5.41) is 50.3. The third-order valence-corrected chi connectivity index (χ3v) is 13.2. The van der Waals surface area contributed by atoms with Gasteiger partial charge >= 0.3 is 13.8 Å². The lowest BCUT2D eigenvalue weighted by Crippen LogP contribution is -2.64. The van der Waals surface area contributed by atoms with E-state index in [1.54, 1.807) is 0 Å². The lowest BCUT2D eigenvalue weighted by molar-refractivity contribution is -0.220. The van der Waals surface area contributed by atoms with Crippen molar-refractivity contribution in [3.63, 3.8) is 0 Å². The molecule has 1 saturated carbocycles. The van der Waals surface area contributed by atoms with E-state index in [1.165, 1.54) is 135 Å². The molecule has 0 aromatic heterocycles. The summed E-state index contributed by atoms with van der Waals surface area (Å²) in [4.78, 5) is 23.2. The molecule has 0 amide bonds. The third-order valence-electron chi connectivity index (χ3n) is 12.2. The van der Waals surface area contributed by atoms with Gasteiger partial charge < -0.3 is 39.9 Å². The van der Waals surface area contributed by atoms with Crippen LogP contribution in [0.5, 0.6) is 0 Å². The van der Waals surface area contributed by atoms with Gasteiger partial charge in [-0.05, 0) is 70.6 Å². The zero-order chi connectivity index (χ0) is 47.6. The second kappa shape index (κ2) is 42.6. The molecule has 0 saturated heterocycles. The third kappa shape index (κ3) is 34.5. The van der Waals surface area contributed by atoms with Crippen LogP contribution in [0.3, 0.4) is 0 Å². The minimum atomic E-state index is -5.02. The number of aliphatic hydroxyl groups excluding tert-OH is 5. The number of unbranched alkanes of at least 4 members (excludes halogenated alkanes) is 27. The van der Waals surface area contributed by atoms with Crippen LogP contribution in [0.15, 0.2) is 36.5 Å². The Kier molecular flexibility index (Phi) is 40.4. The average Bonchev–Trinajstić information content (AvgIpc) is 3.29. The molecule has 12 nitrogen and oxygen atoms in total. The molecule has 1 fully saturated rings. The van der Waals surface area contributed by atoms with Crippen LogP contribution in [0.25, 0.3) is 0 Å². The number of carbonyl (C=O) groups is 1. The summed E-state index contributed by atoms with van der Waals surface area (Å²) in [6, 6.07) is 0. The molecule has 6 atom stereocenters. The number of phosphoric ester groups is 1. The summed E-state index contributed by atoms with van der Waals surface area (Å²) in [5.74, 6) is -0.485. The highest BCUT2D eigenvalue weighted by Crippen LogP contribution is 2.47. The highest BCUT2D eigenvalue weighted by molar-refractivity contribution is 7.47. The molecule has 0 aromatic carbocycles. The number of rotatable bonds is 45. The van der Waals surface area contributed by atoms with Gasteiger partial charge in [-0.1, -0.05) is 185 Å². The Bertz CT molecular complexity index is 1210. The molecule has 1 rings (SSSR count). The van der Waals surface area contributed by atoms with Crippen molar-refractivity contribution in [2.45, 2.75) is 268 Å². The number of ether oxygens (including phenoxy) is 2. The van der Waals surface area contributed by atoms with E-state index in [1.807, 2.05) is 0 Å². The lowest BCUT2D eigenvalue weighted by atomic mass is 9.85. The summed E-state index contributed by atoms with van der Waals surface area (Å²) >= 11 is 0. The lowest BCUT2D eigenvalue weighted by Gasteiger charge is -2.41. The molecule has 0 spiro atoms. The number of allylic oxidation sites excluding steroid dienone is 6. The normalized spacial score (nSPS) is 21.8. The Balaban J connectivity index is 2.30. The van der Waals surface area contributed by atoms with Crippen molar-refractivity contribution < 1.29 is 58.3 Å². The molecule has 6 unspecified atom stereocenters. The van der Waals surface area contributed by atoms with Gasteiger partial charge in [-0.3, -0.25) is 13.8 Å². The van der Waals surface area contributed by atoms with Gasteiger partial charge in [0.05, 0.1) is 13.2 Å². The van der Waals surface area contributed by atoms with Gasteiger partial charge in [0.2, 0.25) is 0 Å². The van der Waals surface area contributed by atoms with Crippen molar-refractivity contribution in [1.29, 1.82) is 0 Å². The van der Waals surface area contributed by atoms with Crippen LogP contribution in [-0.4, -0.2) is 98.9 Å². The van der Waals surface area contributed by atoms with Crippen molar-refractivity contribution in [3.8, 4) is 0 Å². The van der Waals surface area contributed by atoms with Crippen LogP contribution in [-0.2, 0) is 27.9 Å². The Labute approximate surface area is 395 Å². The van der Waals surface area contributed by atoms with Crippen LogP contribution in [0.2, 0.25) is 0 Å². The number of aliphatic hydroxyl groups is 5. The first-order valence-electron chi connectivity index (χ1n) is 26.3. The fraction of sp³-hybridized carbons (Fsp3) is 0.865. The maximum absolute atomic E-state index is 12.8. The zero-order valence-electron chi connectivity index (χ0n) is 41.0. The summed E-state index contributed by atoms with van der Waals surface area (Å²) in [5.41, 5.74) is 0. The van der Waals surface area contributed by atoms with Gasteiger partial charge in [-0.25, -0.2) is 4.57 Å². The van der Waals surface area contributed by atoms with E-state index in [0.717, 1.165) is 64.2 Å². The standard InChI is InChI=1S/C52H97O12P/c1-3-5-7-9-11-13-15-17-19-20-21-22-23-24-25-26-27-28-30-32-34-36-38-40-42-61-43-45(44-62-65(59,60)64-52-50(57)48(55)47(54)49(56)51(52)58)63-46(53)41-39-37-35-33-31-29-18-16-14-12-10-8-6-4-2/h15-18,20-21,45,47-52,54-58H,3-14,19,22-44H2,1-2H3,(H,59,60)/b17-15-,18-16-,21-20-. The van der Waals surface area contributed by atoms with Crippen molar-refractivity contribution in [2.24, 2.45) is 0 Å². The first kappa shape index (κ1) is 61.6. The predicted octanol–water partition coefficient (Wildman–Crippen LogP) is 11.8. The molecular weight excluding hydrogens is 848 g/mol. The van der Waals surface area contributed by atoms with E-state index in [2.05, 4.69) is 50.3 Å². The second-order valence-corrected chi connectivity index (χ2v) is 19.8. The molecule has 1 aliphatic carbocycles. The molecule has 0 aliphatic heterocycles. The van der Waals surface area contributed by atoms with Crippen LogP contribution in [0.1, 0.15) is 226 Å². The first-order valence-corrected chi connectivity index (χ1v) is 27.8. The monoisotopic (exact) mass is 945 g/mol. The van der Waals surface area contributed by atoms with E-state index in [-0.39, 0.29) is 13.0 Å². The quantitative estimate of drug-likeness (QED) is 0.0147. The van der Waals surface area contributed by atoms with Crippen molar-refractivity contribution in [1.82, 2.24) is 0 Å². The molecular formula is C52H97O12P. The highest BCUT2D eigenvalue weighted by atomic mass is 31.2. The topological polar surface area (TPSA) is 192 Å². The van der Waals surface area contributed by atoms with Crippen molar-refractivity contribution >= 4 is 13.8 Å². The minimum Gasteiger partial charge on any atom is -0.457 e. The summed E-state index contributed by atoms with van der Waals surface area (Å²) in [6.07, 6.45) is 39.3. The average molecular weight is 945 g/mol. The molecule has 1 aliphatic rings. The number of phosphoric acid groups is 1. The maximum atomic E-state index is 12.8. The first-order chi connectivity index (χ1) is 31.5. The smallest absolute Gasteiger partial charge is 0.457 e. The van der Waals surface area contributed by atoms with Gasteiger partial charge in [0.1, 0.15) is 42.7 Å². The molecule has 0 bridgehead atoms. The van der Waals surface area contributed by atoms with Crippen molar-refractivity contribution in [3.05, 3.63) is 36.5 Å². The number of hydrogen-bond acceptors (Lipinski definition) is 11. The van der Waals surface area contributed by atoms with E-state index >= 15 is 0 Å². The van der Waals surface area contributed by atoms with E-state index in [4.69, 9.17) is 18.5 Å². The molecule has 6 N–H and O–H groups in total. The molecule has 0 aromatic rings. The van der Waals surface area contributed by atoms with E-state index < -0.39 is 63.1 Å². The fourth-order valence-electron chi connectivity index (χ4n) is 8.03. The van der Waals surface area contributed by atoms with Crippen LogP contribution in [0, 0.1) is 0 Å². The minimum absolute atomic E-state index is 0.0794. The molecule has 65 heavy (non-hydrogen) atoms. The van der Waals surface area contributed by atoms with Gasteiger partial charge in [0.15, 0.2) is 0 Å². The SMILES string of the molecule is CCCCCCC/C=C\C/C=C\CCCCCCCCCCCCCCOCC(COP(=O)(O)OC1C(O)C(O)C(O)C(O)C1O)OC(=O)CCCCCCC/C=C\CCCCCCC. The molecule has 13 heteroatoms. The fourth-order valence-corrected chi connectivity index (χ4v) is 9.00. The highest BCUT2D eigenvalue weighted by Gasteiger charge is 2.51. The summed E-state index contributed by atoms with van der Waals surface area (Å²) in [7, 11) is -5.02. The van der Waals surface area contributed by atoms with Crippen LogP contribution in [0.4, 0.5) is 0 Å². The van der Waals surface area contributed by atoms with E-state index in [0.29, 0.717) is 13.0 Å². The second-order valence-electron chi connectivity index (χ2n) is 18.4. The maximum Gasteiger partial charge on any atom is 0.472 e. The Morgan fingerprint density at radius 3 is 1.31 bits per heavy atom. The van der Waals surface area contributed by atoms with Gasteiger partial charge in [-0.2, -0.15) is 0 Å². The number of carbonyl (C=O) groups excluding carboxylic acids is 1.